The Balaban J connectivity index is 1.93. The van der Waals surface area contributed by atoms with Gasteiger partial charge in [-0.1, -0.05) is 44.2 Å². The first kappa shape index (κ1) is 20.9. The second kappa shape index (κ2) is 9.01. The fourth-order valence-corrected chi connectivity index (χ4v) is 3.46. The number of hydrazine groups is 1. The molecule has 146 valence electrons. The van der Waals surface area contributed by atoms with Crippen LogP contribution in [0.4, 0.5) is 0 Å². The van der Waals surface area contributed by atoms with E-state index in [9.17, 15) is 13.2 Å². The van der Waals surface area contributed by atoms with Crippen LogP contribution < -0.4 is 15.0 Å². The van der Waals surface area contributed by atoms with Crippen LogP contribution in [0.5, 0.6) is 5.75 Å². The highest BCUT2D eigenvalue weighted by Crippen LogP contribution is 2.22. The molecule has 0 aromatic heterocycles. The summed E-state index contributed by atoms with van der Waals surface area (Å²) >= 11 is 0. The summed E-state index contributed by atoms with van der Waals surface area (Å²) in [6.07, 6.45) is 0.973. The van der Waals surface area contributed by atoms with Crippen molar-refractivity contribution in [2.45, 2.75) is 44.9 Å². The van der Waals surface area contributed by atoms with Gasteiger partial charge in [-0.2, -0.15) is 0 Å². The third-order valence-corrected chi connectivity index (χ3v) is 5.72. The third-order valence-electron chi connectivity index (χ3n) is 4.45. The van der Waals surface area contributed by atoms with Crippen molar-refractivity contribution in [3.63, 3.8) is 0 Å². The predicted octanol–water partition coefficient (Wildman–Crippen LogP) is 3.21. The zero-order valence-electron chi connectivity index (χ0n) is 16.1. The van der Waals surface area contributed by atoms with E-state index in [0.717, 1.165) is 23.1 Å². The van der Waals surface area contributed by atoms with Crippen molar-refractivity contribution in [3.05, 3.63) is 59.2 Å². The SMILES string of the molecule is CC[C@@H](C)c1ccc(S(=O)(=O)NNC(=O)COc2c(C)cccc2C)cc1. The normalized spacial score (nSPS) is 12.4. The number of sulfonamides is 1. The molecule has 0 heterocycles. The van der Waals surface area contributed by atoms with Gasteiger partial charge in [0.15, 0.2) is 6.61 Å². The van der Waals surface area contributed by atoms with Gasteiger partial charge in [0.25, 0.3) is 15.9 Å². The molecule has 1 amide bonds. The second-order valence-corrected chi connectivity index (χ2v) is 8.22. The molecule has 0 aliphatic rings. The Morgan fingerprint density at radius 3 is 2.22 bits per heavy atom. The van der Waals surface area contributed by atoms with Crippen LogP contribution in [0.3, 0.4) is 0 Å². The lowest BCUT2D eigenvalue weighted by Crippen LogP contribution is -2.43. The van der Waals surface area contributed by atoms with Gasteiger partial charge in [0.1, 0.15) is 5.75 Å². The van der Waals surface area contributed by atoms with E-state index in [1.807, 2.05) is 32.0 Å². The van der Waals surface area contributed by atoms with Crippen LogP contribution in [-0.2, 0) is 14.8 Å². The van der Waals surface area contributed by atoms with Crippen molar-refractivity contribution >= 4 is 15.9 Å². The molecule has 0 aliphatic carbocycles. The van der Waals surface area contributed by atoms with Crippen molar-refractivity contribution in [1.29, 1.82) is 0 Å². The zero-order chi connectivity index (χ0) is 20.0. The van der Waals surface area contributed by atoms with Gasteiger partial charge in [0.2, 0.25) is 0 Å². The predicted molar refractivity (Wildman–Crippen MR) is 105 cm³/mol. The molecule has 0 aliphatic heterocycles. The topological polar surface area (TPSA) is 84.5 Å². The third kappa shape index (κ3) is 5.55. The van der Waals surface area contributed by atoms with E-state index >= 15 is 0 Å². The molecule has 6 nitrogen and oxygen atoms in total. The minimum Gasteiger partial charge on any atom is -0.483 e. The standard InChI is InChI=1S/C20H26N2O4S/c1-5-14(2)17-9-11-18(12-10-17)27(24,25)22-21-19(23)13-26-20-15(3)7-6-8-16(20)4/h6-12,14,22H,5,13H2,1-4H3,(H,21,23)/t14-/m1/s1. The number of hydrogen-bond acceptors (Lipinski definition) is 4. The molecule has 1 atom stereocenters. The molecule has 0 spiro atoms. The Bertz CT molecular complexity index is 872. The summed E-state index contributed by atoms with van der Waals surface area (Å²) in [4.78, 5) is 14.1. The van der Waals surface area contributed by atoms with Gasteiger partial charge < -0.3 is 4.74 Å². The van der Waals surface area contributed by atoms with Crippen molar-refractivity contribution in [1.82, 2.24) is 10.3 Å². The monoisotopic (exact) mass is 390 g/mol. The Morgan fingerprint density at radius 2 is 1.67 bits per heavy atom. The molecule has 0 radical (unpaired) electrons. The average molecular weight is 391 g/mol. The largest absolute Gasteiger partial charge is 0.483 e. The summed E-state index contributed by atoms with van der Waals surface area (Å²) in [6.45, 7) is 7.63. The number of hydrogen-bond donors (Lipinski definition) is 2. The molecule has 0 bridgehead atoms. The van der Waals surface area contributed by atoms with Crippen LogP contribution in [0.15, 0.2) is 47.4 Å². The van der Waals surface area contributed by atoms with Crippen molar-refractivity contribution < 1.29 is 17.9 Å². The Kier molecular flexibility index (Phi) is 6.98. The summed E-state index contributed by atoms with van der Waals surface area (Å²) in [5.41, 5.74) is 5.06. The Hall–Kier alpha value is -2.38. The number of carbonyl (C=O) groups excluding carboxylic acids is 1. The number of carbonyl (C=O) groups is 1. The highest BCUT2D eigenvalue weighted by molar-refractivity contribution is 7.89. The number of para-hydroxylation sites is 1. The molecule has 2 aromatic rings. The van der Waals surface area contributed by atoms with E-state index < -0.39 is 15.9 Å². The number of amides is 1. The smallest absolute Gasteiger partial charge is 0.272 e. The van der Waals surface area contributed by atoms with Crippen LogP contribution >= 0.6 is 0 Å². The second-order valence-electron chi connectivity index (χ2n) is 6.54. The highest BCUT2D eigenvalue weighted by Gasteiger charge is 2.16. The van der Waals surface area contributed by atoms with Gasteiger partial charge in [0, 0.05) is 0 Å². The van der Waals surface area contributed by atoms with E-state index in [1.165, 1.54) is 12.1 Å². The van der Waals surface area contributed by atoms with E-state index in [2.05, 4.69) is 24.1 Å². The maximum Gasteiger partial charge on any atom is 0.272 e. The first-order valence-electron chi connectivity index (χ1n) is 8.84. The lowest BCUT2D eigenvalue weighted by Gasteiger charge is -2.13. The van der Waals surface area contributed by atoms with Gasteiger partial charge in [-0.05, 0) is 55.0 Å². The molecule has 2 N–H and O–H groups in total. The first-order chi connectivity index (χ1) is 12.7. The molecule has 2 aromatic carbocycles. The minimum absolute atomic E-state index is 0.0884. The first-order valence-corrected chi connectivity index (χ1v) is 10.3. The number of ether oxygens (including phenoxy) is 1. The van der Waals surface area contributed by atoms with E-state index in [4.69, 9.17) is 4.74 Å². The summed E-state index contributed by atoms with van der Waals surface area (Å²) in [7, 11) is -3.84. The molecule has 0 saturated carbocycles. The Morgan fingerprint density at radius 1 is 1.07 bits per heavy atom. The van der Waals surface area contributed by atoms with Gasteiger partial charge >= 0.3 is 0 Å². The lowest BCUT2D eigenvalue weighted by molar-refractivity contribution is -0.123. The zero-order valence-corrected chi connectivity index (χ0v) is 16.9. The maximum absolute atomic E-state index is 12.3. The van der Waals surface area contributed by atoms with Crippen molar-refractivity contribution in [2.24, 2.45) is 0 Å². The van der Waals surface area contributed by atoms with Gasteiger partial charge in [0.05, 0.1) is 4.90 Å². The molecule has 27 heavy (non-hydrogen) atoms. The molecule has 0 saturated heterocycles. The summed E-state index contributed by atoms with van der Waals surface area (Å²) in [5, 5.41) is 0. The highest BCUT2D eigenvalue weighted by atomic mass is 32.2. The molecular formula is C20H26N2O4S. The fraction of sp³-hybridized carbons (Fsp3) is 0.350. The van der Waals surface area contributed by atoms with Crippen LogP contribution in [0.25, 0.3) is 0 Å². The van der Waals surface area contributed by atoms with Crippen LogP contribution in [0.2, 0.25) is 0 Å². The lowest BCUT2D eigenvalue weighted by atomic mass is 9.99. The number of aryl methyl sites for hydroxylation is 2. The minimum atomic E-state index is -3.84. The molecule has 0 unspecified atom stereocenters. The summed E-state index contributed by atoms with van der Waals surface area (Å²) < 4.78 is 30.1. The van der Waals surface area contributed by atoms with Crippen LogP contribution in [0, 0.1) is 13.8 Å². The van der Waals surface area contributed by atoms with Crippen molar-refractivity contribution in [2.75, 3.05) is 6.61 Å². The van der Waals surface area contributed by atoms with E-state index in [1.54, 1.807) is 12.1 Å². The summed E-state index contributed by atoms with van der Waals surface area (Å²) in [5.74, 6) is 0.394. The van der Waals surface area contributed by atoms with E-state index in [0.29, 0.717) is 11.7 Å². The van der Waals surface area contributed by atoms with E-state index in [-0.39, 0.29) is 11.5 Å². The van der Waals surface area contributed by atoms with Gasteiger partial charge in [-0.25, -0.2) is 8.42 Å². The molecular weight excluding hydrogens is 364 g/mol. The van der Waals surface area contributed by atoms with Crippen LogP contribution in [0.1, 0.15) is 42.9 Å². The average Bonchev–Trinajstić information content (AvgIpc) is 2.65. The molecule has 2 rings (SSSR count). The number of rotatable bonds is 8. The maximum atomic E-state index is 12.3. The fourth-order valence-electron chi connectivity index (χ4n) is 2.59. The van der Waals surface area contributed by atoms with Gasteiger partial charge in [-0.15, -0.1) is 4.83 Å². The molecule has 7 heteroatoms. The van der Waals surface area contributed by atoms with Gasteiger partial charge in [-0.3, -0.25) is 10.2 Å². The van der Waals surface area contributed by atoms with Crippen molar-refractivity contribution in [3.8, 4) is 5.75 Å². The summed E-state index contributed by atoms with van der Waals surface area (Å²) in [6, 6.07) is 12.3. The molecule has 0 fully saturated rings. The Labute approximate surface area is 161 Å². The number of nitrogens with one attached hydrogen (secondary N) is 2. The van der Waals surface area contributed by atoms with Crippen LogP contribution in [-0.4, -0.2) is 20.9 Å². The number of benzene rings is 2. The quantitative estimate of drug-likeness (QED) is 0.678.